The Morgan fingerprint density at radius 3 is 2.71 bits per heavy atom. The summed E-state index contributed by atoms with van der Waals surface area (Å²) in [7, 11) is 0. The summed E-state index contributed by atoms with van der Waals surface area (Å²) < 4.78 is 5.42. The van der Waals surface area contributed by atoms with Crippen molar-refractivity contribution in [2.24, 2.45) is 5.41 Å². The zero-order valence-electron chi connectivity index (χ0n) is 10.7. The number of hydrogen-bond acceptors (Lipinski definition) is 2. The smallest absolute Gasteiger partial charge is 0.138 e. The van der Waals surface area contributed by atoms with Gasteiger partial charge in [-0.15, -0.1) is 0 Å². The van der Waals surface area contributed by atoms with E-state index in [1.165, 1.54) is 12.8 Å². The maximum atomic E-state index is 6.16. The lowest BCUT2D eigenvalue weighted by atomic mass is 10.0. The van der Waals surface area contributed by atoms with Gasteiger partial charge in [-0.25, -0.2) is 0 Å². The van der Waals surface area contributed by atoms with Gasteiger partial charge in [0, 0.05) is 11.7 Å². The third-order valence-electron chi connectivity index (χ3n) is 3.70. The van der Waals surface area contributed by atoms with E-state index in [1.54, 1.807) is 0 Å². The molecule has 0 radical (unpaired) electrons. The summed E-state index contributed by atoms with van der Waals surface area (Å²) in [4.78, 5) is 0. The molecule has 1 aliphatic carbocycles. The van der Waals surface area contributed by atoms with Gasteiger partial charge >= 0.3 is 0 Å². The standard InChI is InChI=1S/C14H20ClNO/c1-4-17-13-6-5-11(9-12(13)15)16-10(2)14(3)7-8-14/h5-6,9-10,16H,4,7-8H2,1-3H3. The van der Waals surface area contributed by atoms with Gasteiger partial charge in [0.05, 0.1) is 11.6 Å². The first-order valence-electron chi connectivity index (χ1n) is 6.24. The molecule has 2 rings (SSSR count). The van der Waals surface area contributed by atoms with Crippen LogP contribution in [0.15, 0.2) is 18.2 Å². The zero-order chi connectivity index (χ0) is 12.5. The molecule has 1 saturated carbocycles. The van der Waals surface area contributed by atoms with E-state index in [0.717, 1.165) is 11.4 Å². The molecule has 0 bridgehead atoms. The summed E-state index contributed by atoms with van der Waals surface area (Å²) >= 11 is 6.16. The van der Waals surface area contributed by atoms with Crippen molar-refractivity contribution in [2.45, 2.75) is 39.7 Å². The molecule has 94 valence electrons. The summed E-state index contributed by atoms with van der Waals surface area (Å²) in [5, 5.41) is 4.19. The van der Waals surface area contributed by atoms with Crippen LogP contribution in [0.1, 0.15) is 33.6 Å². The first kappa shape index (κ1) is 12.6. The average molecular weight is 254 g/mol. The van der Waals surface area contributed by atoms with Crippen molar-refractivity contribution in [3.63, 3.8) is 0 Å². The molecule has 0 heterocycles. The first-order chi connectivity index (χ1) is 8.05. The fourth-order valence-electron chi connectivity index (χ4n) is 1.92. The fourth-order valence-corrected chi connectivity index (χ4v) is 2.15. The second-order valence-corrected chi connectivity index (χ2v) is 5.51. The minimum absolute atomic E-state index is 0.463. The molecule has 1 atom stereocenters. The lowest BCUT2D eigenvalue weighted by Gasteiger charge is -2.22. The maximum Gasteiger partial charge on any atom is 0.138 e. The van der Waals surface area contributed by atoms with Gasteiger partial charge in [-0.3, -0.25) is 0 Å². The number of halogens is 1. The monoisotopic (exact) mass is 253 g/mol. The van der Waals surface area contributed by atoms with Crippen molar-refractivity contribution < 1.29 is 4.74 Å². The van der Waals surface area contributed by atoms with Gasteiger partial charge in [-0.1, -0.05) is 18.5 Å². The highest BCUT2D eigenvalue weighted by molar-refractivity contribution is 6.32. The lowest BCUT2D eigenvalue weighted by molar-refractivity contribution is 0.340. The van der Waals surface area contributed by atoms with Crippen LogP contribution in [0.2, 0.25) is 5.02 Å². The van der Waals surface area contributed by atoms with Gasteiger partial charge in [-0.2, -0.15) is 0 Å². The van der Waals surface area contributed by atoms with Gasteiger partial charge in [0.15, 0.2) is 0 Å². The van der Waals surface area contributed by atoms with Crippen LogP contribution in [-0.2, 0) is 0 Å². The van der Waals surface area contributed by atoms with Crippen LogP contribution in [0, 0.1) is 5.41 Å². The van der Waals surface area contributed by atoms with Crippen molar-refractivity contribution >= 4 is 17.3 Å². The lowest BCUT2D eigenvalue weighted by Crippen LogP contribution is -2.24. The molecule has 0 amide bonds. The number of rotatable bonds is 5. The normalized spacial score (nSPS) is 18.6. The summed E-state index contributed by atoms with van der Waals surface area (Å²) in [6.45, 7) is 7.15. The molecule has 17 heavy (non-hydrogen) atoms. The molecule has 2 nitrogen and oxygen atoms in total. The molecular weight excluding hydrogens is 234 g/mol. The fraction of sp³-hybridized carbons (Fsp3) is 0.571. The molecule has 1 aromatic carbocycles. The molecule has 1 aromatic rings. The highest BCUT2D eigenvalue weighted by Gasteiger charge is 2.42. The van der Waals surface area contributed by atoms with Gasteiger partial charge < -0.3 is 10.1 Å². The van der Waals surface area contributed by atoms with E-state index in [9.17, 15) is 0 Å². The van der Waals surface area contributed by atoms with E-state index in [2.05, 4.69) is 19.2 Å². The quantitative estimate of drug-likeness (QED) is 0.843. The van der Waals surface area contributed by atoms with Crippen LogP contribution in [0.3, 0.4) is 0 Å². The minimum atomic E-state index is 0.463. The van der Waals surface area contributed by atoms with Gasteiger partial charge in [0.2, 0.25) is 0 Å². The Balaban J connectivity index is 2.04. The van der Waals surface area contributed by atoms with Crippen molar-refractivity contribution in [3.8, 4) is 5.75 Å². The highest BCUT2D eigenvalue weighted by Crippen LogP contribution is 2.48. The summed E-state index contributed by atoms with van der Waals surface area (Å²) in [5.41, 5.74) is 1.53. The van der Waals surface area contributed by atoms with Gasteiger partial charge in [-0.05, 0) is 50.3 Å². The number of nitrogens with one attached hydrogen (secondary N) is 1. The SMILES string of the molecule is CCOc1ccc(NC(C)C2(C)CC2)cc1Cl. The van der Waals surface area contributed by atoms with E-state index >= 15 is 0 Å². The summed E-state index contributed by atoms with van der Waals surface area (Å²) in [6, 6.07) is 6.38. The minimum Gasteiger partial charge on any atom is -0.492 e. The molecule has 0 spiro atoms. The Labute approximate surface area is 108 Å². The molecule has 1 fully saturated rings. The van der Waals surface area contributed by atoms with Gasteiger partial charge in [0.1, 0.15) is 5.75 Å². The third kappa shape index (κ3) is 2.86. The Morgan fingerprint density at radius 1 is 1.47 bits per heavy atom. The second-order valence-electron chi connectivity index (χ2n) is 5.10. The van der Waals surface area contributed by atoms with Gasteiger partial charge in [0.25, 0.3) is 0 Å². The Bertz CT molecular complexity index is 401. The maximum absolute atomic E-state index is 6.16. The molecular formula is C14H20ClNO. The molecule has 3 heteroatoms. The van der Waals surface area contributed by atoms with Crippen LogP contribution in [0.4, 0.5) is 5.69 Å². The molecule has 1 aliphatic rings. The van der Waals surface area contributed by atoms with E-state index in [-0.39, 0.29) is 0 Å². The number of anilines is 1. The van der Waals surface area contributed by atoms with E-state index < -0.39 is 0 Å². The highest BCUT2D eigenvalue weighted by atomic mass is 35.5. The first-order valence-corrected chi connectivity index (χ1v) is 6.62. The van der Waals surface area contributed by atoms with E-state index in [4.69, 9.17) is 16.3 Å². The van der Waals surface area contributed by atoms with Crippen LogP contribution < -0.4 is 10.1 Å². The summed E-state index contributed by atoms with van der Waals surface area (Å²) in [5.74, 6) is 0.755. The molecule has 1 N–H and O–H groups in total. The predicted molar refractivity (Wildman–Crippen MR) is 73.0 cm³/mol. The molecule has 0 saturated heterocycles. The van der Waals surface area contributed by atoms with Crippen molar-refractivity contribution in [2.75, 3.05) is 11.9 Å². The van der Waals surface area contributed by atoms with Crippen molar-refractivity contribution in [1.29, 1.82) is 0 Å². The van der Waals surface area contributed by atoms with Crippen LogP contribution in [-0.4, -0.2) is 12.6 Å². The molecule has 0 aliphatic heterocycles. The third-order valence-corrected chi connectivity index (χ3v) is 3.99. The molecule has 1 unspecified atom stereocenters. The Hall–Kier alpha value is -0.890. The zero-order valence-corrected chi connectivity index (χ0v) is 11.5. The van der Waals surface area contributed by atoms with Crippen molar-refractivity contribution in [3.05, 3.63) is 23.2 Å². The number of benzene rings is 1. The van der Waals surface area contributed by atoms with Crippen LogP contribution in [0.25, 0.3) is 0 Å². The second kappa shape index (κ2) is 4.77. The van der Waals surface area contributed by atoms with Crippen LogP contribution in [0.5, 0.6) is 5.75 Å². The largest absolute Gasteiger partial charge is 0.492 e. The summed E-state index contributed by atoms with van der Waals surface area (Å²) in [6.07, 6.45) is 2.62. The molecule has 0 aromatic heterocycles. The Morgan fingerprint density at radius 2 is 2.18 bits per heavy atom. The van der Waals surface area contributed by atoms with Crippen molar-refractivity contribution in [1.82, 2.24) is 0 Å². The number of ether oxygens (including phenoxy) is 1. The topological polar surface area (TPSA) is 21.3 Å². The predicted octanol–water partition coefficient (Wildman–Crippen LogP) is 4.34. The van der Waals surface area contributed by atoms with Crippen LogP contribution >= 0.6 is 11.6 Å². The average Bonchev–Trinajstić information content (AvgIpc) is 3.02. The van der Waals surface area contributed by atoms with E-state index in [0.29, 0.717) is 23.1 Å². The Kier molecular flexibility index (Phi) is 3.53. The number of hydrogen-bond donors (Lipinski definition) is 1. The van der Waals surface area contributed by atoms with E-state index in [1.807, 2.05) is 25.1 Å².